The molecule has 0 amide bonds. The van der Waals surface area contributed by atoms with E-state index in [1.807, 2.05) is 6.92 Å². The van der Waals surface area contributed by atoms with Gasteiger partial charge < -0.3 is 23.7 Å². The van der Waals surface area contributed by atoms with Crippen molar-refractivity contribution in [2.45, 2.75) is 26.2 Å². The standard InChI is InChI=1S/C22H32O6/c1-5-10-24-15-16-25-14-9-21(23)17-22(18-26-11-6-2,19-27-12-7-3)20-28-13-8-4/h2-4H,5,9-20H2,1H3. The Kier molecular flexibility index (Phi) is 17.3. The van der Waals surface area contributed by atoms with E-state index in [1.54, 1.807) is 0 Å². The van der Waals surface area contributed by atoms with Crippen LogP contribution in [0.1, 0.15) is 26.2 Å². The number of Topliss-reactive ketones (excluding diaryl/α,β-unsaturated/α-hetero) is 1. The van der Waals surface area contributed by atoms with E-state index in [0.29, 0.717) is 26.4 Å². The van der Waals surface area contributed by atoms with Crippen LogP contribution in [0.15, 0.2) is 0 Å². The predicted octanol–water partition coefficient (Wildman–Crippen LogP) is 1.71. The second kappa shape index (κ2) is 18.5. The van der Waals surface area contributed by atoms with Gasteiger partial charge in [-0.1, -0.05) is 24.7 Å². The topological polar surface area (TPSA) is 63.2 Å². The van der Waals surface area contributed by atoms with Crippen LogP contribution in [0.3, 0.4) is 0 Å². The minimum atomic E-state index is -0.716. The van der Waals surface area contributed by atoms with Crippen molar-refractivity contribution in [1.29, 1.82) is 0 Å². The number of carbonyl (C=O) groups is 1. The highest BCUT2D eigenvalue weighted by Gasteiger charge is 2.34. The fraction of sp³-hybridized carbons (Fsp3) is 0.682. The first kappa shape index (κ1) is 26.1. The molecule has 0 bridgehead atoms. The molecule has 156 valence electrons. The van der Waals surface area contributed by atoms with Gasteiger partial charge in [0.2, 0.25) is 0 Å². The maximum atomic E-state index is 12.5. The summed E-state index contributed by atoms with van der Waals surface area (Å²) in [7, 11) is 0. The number of rotatable bonds is 19. The van der Waals surface area contributed by atoms with Gasteiger partial charge in [0.1, 0.15) is 25.6 Å². The van der Waals surface area contributed by atoms with E-state index in [0.717, 1.165) is 6.42 Å². The Balaban J connectivity index is 4.65. The second-order valence-corrected chi connectivity index (χ2v) is 6.28. The first-order valence-corrected chi connectivity index (χ1v) is 9.35. The predicted molar refractivity (Wildman–Crippen MR) is 108 cm³/mol. The fourth-order valence-electron chi connectivity index (χ4n) is 2.42. The maximum absolute atomic E-state index is 12.5. The van der Waals surface area contributed by atoms with Gasteiger partial charge in [0.15, 0.2) is 0 Å². The van der Waals surface area contributed by atoms with E-state index in [1.165, 1.54) is 0 Å². The van der Waals surface area contributed by atoms with Crippen molar-refractivity contribution in [2.75, 3.05) is 66.1 Å². The van der Waals surface area contributed by atoms with Crippen molar-refractivity contribution in [1.82, 2.24) is 0 Å². The van der Waals surface area contributed by atoms with E-state index < -0.39 is 5.41 Å². The van der Waals surface area contributed by atoms with Crippen molar-refractivity contribution in [3.63, 3.8) is 0 Å². The van der Waals surface area contributed by atoms with Gasteiger partial charge in [-0.05, 0) is 6.42 Å². The van der Waals surface area contributed by atoms with E-state index in [9.17, 15) is 4.79 Å². The zero-order chi connectivity index (χ0) is 20.9. The molecule has 0 unspecified atom stereocenters. The Morgan fingerprint density at radius 3 is 1.64 bits per heavy atom. The molecule has 0 fully saturated rings. The van der Waals surface area contributed by atoms with E-state index in [-0.39, 0.29) is 58.3 Å². The summed E-state index contributed by atoms with van der Waals surface area (Å²) in [6.07, 6.45) is 17.1. The molecule has 0 heterocycles. The molecule has 0 saturated heterocycles. The number of carbonyl (C=O) groups excluding carboxylic acids is 1. The molecular weight excluding hydrogens is 360 g/mol. The number of ether oxygens (including phenoxy) is 5. The van der Waals surface area contributed by atoms with Gasteiger partial charge in [0.25, 0.3) is 0 Å². The van der Waals surface area contributed by atoms with Gasteiger partial charge in [-0.25, -0.2) is 0 Å². The molecular formula is C22H32O6. The summed E-state index contributed by atoms with van der Waals surface area (Å²) in [5, 5.41) is 0. The van der Waals surface area contributed by atoms with Gasteiger partial charge in [-0.15, -0.1) is 19.3 Å². The van der Waals surface area contributed by atoms with Crippen molar-refractivity contribution in [2.24, 2.45) is 5.41 Å². The molecule has 0 aromatic carbocycles. The minimum Gasteiger partial charge on any atom is -0.379 e. The van der Waals surface area contributed by atoms with Crippen LogP contribution in [0.4, 0.5) is 0 Å². The lowest BCUT2D eigenvalue weighted by Gasteiger charge is -2.32. The summed E-state index contributed by atoms with van der Waals surface area (Å²) in [4.78, 5) is 12.5. The Morgan fingerprint density at radius 1 is 0.750 bits per heavy atom. The fourth-order valence-corrected chi connectivity index (χ4v) is 2.42. The molecule has 0 aliphatic heterocycles. The van der Waals surface area contributed by atoms with Crippen LogP contribution in [-0.4, -0.2) is 71.9 Å². The van der Waals surface area contributed by atoms with Crippen LogP contribution in [-0.2, 0) is 28.5 Å². The summed E-state index contributed by atoms with van der Waals surface area (Å²) < 4.78 is 27.2. The van der Waals surface area contributed by atoms with Crippen molar-refractivity contribution < 1.29 is 28.5 Å². The molecule has 0 aromatic rings. The lowest BCUT2D eigenvalue weighted by Crippen LogP contribution is -2.40. The molecule has 0 aliphatic rings. The van der Waals surface area contributed by atoms with Crippen molar-refractivity contribution in [3.8, 4) is 37.0 Å². The SMILES string of the molecule is C#CCOCC(COCC#C)(COCC#C)CC(=O)CCOCCOCCC. The third kappa shape index (κ3) is 14.2. The first-order valence-electron chi connectivity index (χ1n) is 9.35. The third-order valence-electron chi connectivity index (χ3n) is 3.60. The molecule has 0 N–H and O–H groups in total. The molecule has 0 aromatic heterocycles. The quantitative estimate of drug-likeness (QED) is 0.246. The maximum Gasteiger partial charge on any atom is 0.136 e. The molecule has 0 aliphatic carbocycles. The highest BCUT2D eigenvalue weighted by atomic mass is 16.5. The molecule has 0 radical (unpaired) electrons. The van der Waals surface area contributed by atoms with E-state index >= 15 is 0 Å². The van der Waals surface area contributed by atoms with Crippen molar-refractivity contribution in [3.05, 3.63) is 0 Å². The highest BCUT2D eigenvalue weighted by Crippen LogP contribution is 2.25. The Hall–Kier alpha value is -1.85. The number of terminal acetylenes is 3. The number of ketones is 1. The number of hydrogen-bond acceptors (Lipinski definition) is 6. The van der Waals surface area contributed by atoms with E-state index in [4.69, 9.17) is 43.0 Å². The van der Waals surface area contributed by atoms with Crippen LogP contribution < -0.4 is 0 Å². The summed E-state index contributed by atoms with van der Waals surface area (Å²) in [6, 6.07) is 0. The third-order valence-corrected chi connectivity index (χ3v) is 3.60. The van der Waals surface area contributed by atoms with Crippen molar-refractivity contribution >= 4 is 5.78 Å². The second-order valence-electron chi connectivity index (χ2n) is 6.28. The monoisotopic (exact) mass is 392 g/mol. The van der Waals surface area contributed by atoms with E-state index in [2.05, 4.69) is 17.8 Å². The lowest BCUT2D eigenvalue weighted by molar-refractivity contribution is -0.128. The zero-order valence-electron chi connectivity index (χ0n) is 16.9. The molecule has 0 rings (SSSR count). The Bertz CT molecular complexity index is 472. The van der Waals surface area contributed by atoms with Gasteiger partial charge in [-0.2, -0.15) is 0 Å². The molecule has 28 heavy (non-hydrogen) atoms. The molecule has 0 spiro atoms. The minimum absolute atomic E-state index is 0.00685. The lowest BCUT2D eigenvalue weighted by atomic mass is 9.84. The van der Waals surface area contributed by atoms with Gasteiger partial charge in [-0.3, -0.25) is 4.79 Å². The molecule has 6 heteroatoms. The number of hydrogen-bond donors (Lipinski definition) is 0. The van der Waals surface area contributed by atoms with Crippen LogP contribution in [0.2, 0.25) is 0 Å². The zero-order valence-corrected chi connectivity index (χ0v) is 16.9. The Morgan fingerprint density at radius 2 is 1.21 bits per heavy atom. The summed E-state index contributed by atoms with van der Waals surface area (Å²) in [5.74, 6) is 7.22. The normalized spacial score (nSPS) is 10.8. The summed E-state index contributed by atoms with van der Waals surface area (Å²) in [6.45, 7) is 5.02. The average molecular weight is 392 g/mol. The van der Waals surface area contributed by atoms with Crippen LogP contribution in [0.25, 0.3) is 0 Å². The summed E-state index contributed by atoms with van der Waals surface area (Å²) in [5.41, 5.74) is -0.716. The highest BCUT2D eigenvalue weighted by molar-refractivity contribution is 5.79. The Labute approximate surface area is 169 Å². The van der Waals surface area contributed by atoms with Crippen LogP contribution in [0, 0.1) is 42.4 Å². The molecule has 6 nitrogen and oxygen atoms in total. The summed E-state index contributed by atoms with van der Waals surface area (Å²) >= 11 is 0. The van der Waals surface area contributed by atoms with Crippen LogP contribution >= 0.6 is 0 Å². The molecule has 0 saturated carbocycles. The van der Waals surface area contributed by atoms with Gasteiger partial charge in [0, 0.05) is 24.9 Å². The average Bonchev–Trinajstić information content (AvgIpc) is 2.68. The van der Waals surface area contributed by atoms with Gasteiger partial charge >= 0.3 is 0 Å². The van der Waals surface area contributed by atoms with Gasteiger partial charge in [0.05, 0.1) is 39.6 Å². The largest absolute Gasteiger partial charge is 0.379 e. The smallest absolute Gasteiger partial charge is 0.136 e. The molecule has 0 atom stereocenters. The van der Waals surface area contributed by atoms with Crippen LogP contribution in [0.5, 0.6) is 0 Å². The first-order chi connectivity index (χ1) is 13.6.